The van der Waals surface area contributed by atoms with Gasteiger partial charge in [0.05, 0.1) is 4.90 Å². The van der Waals surface area contributed by atoms with E-state index < -0.39 is 22.4 Å². The van der Waals surface area contributed by atoms with E-state index in [1.54, 1.807) is 60.7 Å². The molecule has 0 aromatic heterocycles. The Morgan fingerprint density at radius 2 is 1.33 bits per heavy atom. The topological polar surface area (TPSA) is 52.6 Å². The second-order valence-electron chi connectivity index (χ2n) is 3.22. The van der Waals surface area contributed by atoms with Gasteiger partial charge in [-0.05, 0) is 24.3 Å². The van der Waals surface area contributed by atoms with Crippen LogP contribution < -0.4 is 4.18 Å². The maximum atomic E-state index is 11.7. The van der Waals surface area contributed by atoms with Gasteiger partial charge in [0.1, 0.15) is 5.75 Å². The molecule has 2 unspecified atom stereocenters. The second-order valence-corrected chi connectivity index (χ2v) is 5.28. The molecule has 2 rings (SSSR count). The van der Waals surface area contributed by atoms with Gasteiger partial charge >= 0.3 is 11.4 Å². The van der Waals surface area contributed by atoms with Gasteiger partial charge in [0.2, 0.25) is 11.1 Å². The molecule has 4 nitrogen and oxygen atoms in total. The minimum Gasteiger partial charge on any atom is -0.379 e. The van der Waals surface area contributed by atoms with Gasteiger partial charge in [-0.25, -0.2) is 4.21 Å². The average Bonchev–Trinajstić information content (AvgIpc) is 2.40. The number of benzene rings is 2. The van der Waals surface area contributed by atoms with Crippen molar-refractivity contribution in [3.8, 4) is 5.75 Å². The molecule has 0 aliphatic rings. The lowest BCUT2D eigenvalue weighted by atomic mass is 10.3. The molecule has 0 saturated carbocycles. The van der Waals surface area contributed by atoms with Crippen LogP contribution in [-0.4, -0.2) is 8.42 Å². The van der Waals surface area contributed by atoms with E-state index in [4.69, 9.17) is 7.81 Å². The fourth-order valence-corrected chi connectivity index (χ4v) is 2.67. The number of rotatable bonds is 5. The van der Waals surface area contributed by atoms with E-state index in [-0.39, 0.29) is 0 Å². The van der Waals surface area contributed by atoms with Gasteiger partial charge in [-0.1, -0.05) is 36.4 Å². The van der Waals surface area contributed by atoms with Gasteiger partial charge < -0.3 is 4.18 Å². The van der Waals surface area contributed by atoms with Crippen molar-refractivity contribution < 1.29 is 16.2 Å². The van der Waals surface area contributed by atoms with Gasteiger partial charge in [-0.15, -0.1) is 0 Å². The van der Waals surface area contributed by atoms with E-state index >= 15 is 0 Å². The van der Waals surface area contributed by atoms with Crippen molar-refractivity contribution in [2.24, 2.45) is 0 Å². The smallest absolute Gasteiger partial charge is 0.374 e. The number of hydrogen-bond donors (Lipinski definition) is 0. The quantitative estimate of drug-likeness (QED) is 0.845. The van der Waals surface area contributed by atoms with Crippen molar-refractivity contribution in [2.45, 2.75) is 4.90 Å². The Morgan fingerprint density at radius 3 is 1.94 bits per heavy atom. The molecule has 0 amide bonds. The van der Waals surface area contributed by atoms with Gasteiger partial charge in [-0.2, -0.15) is 7.84 Å². The van der Waals surface area contributed by atoms with Crippen molar-refractivity contribution in [1.29, 1.82) is 0 Å². The lowest BCUT2D eigenvalue weighted by molar-refractivity contribution is 0.473. The Bertz CT molecular complexity index is 543. The normalized spacial score (nSPS) is 13.8. The molecule has 0 aliphatic heterocycles. The first-order valence-corrected chi connectivity index (χ1v) is 7.14. The summed E-state index contributed by atoms with van der Waals surface area (Å²) in [7, 11) is 0. The van der Waals surface area contributed by atoms with Crippen LogP contribution in [0.25, 0.3) is 0 Å². The molecule has 0 radical (unpaired) electrons. The fraction of sp³-hybridized carbons (Fsp3) is 0. The molecular weight excluding hydrogens is 272 g/mol. The van der Waals surface area contributed by atoms with Gasteiger partial charge in [-0.3, -0.25) is 0 Å². The molecule has 0 fully saturated rings. The van der Waals surface area contributed by atoms with Gasteiger partial charge in [0.15, 0.2) is 0 Å². The van der Waals surface area contributed by atoms with Crippen LogP contribution in [0, 0.1) is 0 Å². The van der Waals surface area contributed by atoms with Crippen LogP contribution in [0.2, 0.25) is 0 Å². The van der Waals surface area contributed by atoms with Crippen LogP contribution in [0.15, 0.2) is 65.6 Å². The molecule has 0 N–H and O–H groups in total. The van der Waals surface area contributed by atoms with Gasteiger partial charge in [0.25, 0.3) is 0 Å². The third-order valence-corrected chi connectivity index (χ3v) is 3.88. The molecule has 0 spiro atoms. The van der Waals surface area contributed by atoms with Crippen molar-refractivity contribution >= 4 is 22.4 Å². The fourth-order valence-electron chi connectivity index (χ4n) is 1.19. The summed E-state index contributed by atoms with van der Waals surface area (Å²) in [5, 5.41) is 0. The average molecular weight is 282 g/mol. The summed E-state index contributed by atoms with van der Waals surface area (Å²) >= 11 is -3.91. The summed E-state index contributed by atoms with van der Waals surface area (Å²) in [6, 6.07) is 17.0. The monoisotopic (exact) mass is 282 g/mol. The minimum atomic E-state index is -2.10. The highest BCUT2D eigenvalue weighted by Gasteiger charge is 2.11. The Balaban J connectivity index is 1.94. The Morgan fingerprint density at radius 1 is 0.778 bits per heavy atom. The zero-order valence-electron chi connectivity index (χ0n) is 9.22. The lowest BCUT2D eigenvalue weighted by Crippen LogP contribution is -2.07. The Kier molecular flexibility index (Phi) is 4.63. The summed E-state index contributed by atoms with van der Waals surface area (Å²) < 4.78 is 32.9. The third-order valence-electron chi connectivity index (χ3n) is 1.96. The van der Waals surface area contributed by atoms with E-state index in [1.807, 2.05) is 0 Å². The highest BCUT2D eigenvalue weighted by atomic mass is 32.3. The summed E-state index contributed by atoms with van der Waals surface area (Å²) in [6.45, 7) is 0. The summed E-state index contributed by atoms with van der Waals surface area (Å²) in [6.07, 6.45) is 0. The zero-order valence-corrected chi connectivity index (χ0v) is 10.9. The van der Waals surface area contributed by atoms with Crippen molar-refractivity contribution in [3.05, 3.63) is 60.7 Å². The highest BCUT2D eigenvalue weighted by molar-refractivity contribution is 7.91. The van der Waals surface area contributed by atoms with E-state index in [9.17, 15) is 8.42 Å². The summed E-state index contributed by atoms with van der Waals surface area (Å²) in [5.74, 6) is 0.390. The third kappa shape index (κ3) is 3.76. The lowest BCUT2D eigenvalue weighted by Gasteiger charge is -2.03. The number of para-hydroxylation sites is 1. The van der Waals surface area contributed by atoms with Crippen LogP contribution >= 0.6 is 0 Å². The molecule has 0 bridgehead atoms. The predicted molar refractivity (Wildman–Crippen MR) is 69.1 cm³/mol. The van der Waals surface area contributed by atoms with Crippen LogP contribution in [0.1, 0.15) is 0 Å². The standard InChI is InChI=1S/C12H10O4S2/c13-17(12-9-5-2-6-10-12)16-18(14)15-11-7-3-1-4-8-11/h1-10H. The molecule has 94 valence electrons. The maximum absolute atomic E-state index is 11.7. The molecule has 0 aliphatic carbocycles. The first-order chi connectivity index (χ1) is 8.75. The van der Waals surface area contributed by atoms with Crippen LogP contribution in [-0.2, 0) is 26.1 Å². The summed E-state index contributed by atoms with van der Waals surface area (Å²) in [5.41, 5.74) is 0. The van der Waals surface area contributed by atoms with Crippen LogP contribution in [0.5, 0.6) is 5.75 Å². The Labute approximate surface area is 110 Å². The van der Waals surface area contributed by atoms with Crippen LogP contribution in [0.3, 0.4) is 0 Å². The molecule has 2 aromatic rings. The second kappa shape index (κ2) is 6.44. The molecule has 2 aromatic carbocycles. The molecule has 0 saturated heterocycles. The first-order valence-electron chi connectivity index (χ1n) is 5.06. The largest absolute Gasteiger partial charge is 0.379 e. The molecule has 6 heteroatoms. The van der Waals surface area contributed by atoms with Gasteiger partial charge in [0, 0.05) is 0 Å². The zero-order chi connectivity index (χ0) is 12.8. The molecule has 18 heavy (non-hydrogen) atoms. The van der Waals surface area contributed by atoms with E-state index in [0.717, 1.165) is 0 Å². The molecular formula is C12H10O4S2. The van der Waals surface area contributed by atoms with Crippen molar-refractivity contribution in [1.82, 2.24) is 0 Å². The van der Waals surface area contributed by atoms with E-state index in [2.05, 4.69) is 0 Å². The summed E-state index contributed by atoms with van der Waals surface area (Å²) in [4.78, 5) is 0.433. The number of hydrogen-bond acceptors (Lipinski definition) is 4. The minimum absolute atomic E-state index is 0.390. The first kappa shape index (κ1) is 12.9. The highest BCUT2D eigenvalue weighted by Crippen LogP contribution is 2.13. The molecule has 0 heterocycles. The van der Waals surface area contributed by atoms with E-state index in [0.29, 0.717) is 10.6 Å². The molecule has 2 atom stereocenters. The van der Waals surface area contributed by atoms with Crippen molar-refractivity contribution in [2.75, 3.05) is 0 Å². The van der Waals surface area contributed by atoms with E-state index in [1.165, 1.54) is 0 Å². The Hall–Kier alpha value is -1.50. The predicted octanol–water partition coefficient (Wildman–Crippen LogP) is 2.38. The van der Waals surface area contributed by atoms with Crippen molar-refractivity contribution in [3.63, 3.8) is 0 Å². The maximum Gasteiger partial charge on any atom is 0.374 e. The SMILES string of the molecule is O=S(Oc1ccccc1)OS(=O)c1ccccc1. The van der Waals surface area contributed by atoms with Crippen LogP contribution in [0.4, 0.5) is 0 Å².